The largest absolute Gasteiger partial charge is 0.484 e. The zero-order valence-electron chi connectivity index (χ0n) is 25.3. The summed E-state index contributed by atoms with van der Waals surface area (Å²) in [5.41, 5.74) is 6.34. The van der Waals surface area contributed by atoms with Crippen LogP contribution in [0.3, 0.4) is 0 Å². The van der Waals surface area contributed by atoms with Crippen molar-refractivity contribution in [3.8, 4) is 44.9 Å². The average molecular weight is 649 g/mol. The van der Waals surface area contributed by atoms with E-state index in [2.05, 4.69) is 5.32 Å². The third-order valence-corrected chi connectivity index (χ3v) is 8.48. The predicted molar refractivity (Wildman–Crippen MR) is 181 cm³/mol. The van der Waals surface area contributed by atoms with Gasteiger partial charge in [-0.25, -0.2) is 0 Å². The second-order valence-corrected chi connectivity index (χ2v) is 11.7. The summed E-state index contributed by atoms with van der Waals surface area (Å²) in [5.74, 6) is 1.05. The molecule has 1 amide bonds. The van der Waals surface area contributed by atoms with Crippen LogP contribution in [0.5, 0.6) is 11.5 Å². The smallest absolute Gasteiger partial charge is 0.265 e. The van der Waals surface area contributed by atoms with Gasteiger partial charge in [0.15, 0.2) is 12.9 Å². The van der Waals surface area contributed by atoms with Crippen molar-refractivity contribution in [1.29, 1.82) is 0 Å². The van der Waals surface area contributed by atoms with Gasteiger partial charge in [-0.1, -0.05) is 71.7 Å². The Bertz CT molecular complexity index is 1710. The summed E-state index contributed by atoms with van der Waals surface area (Å²) >= 11 is 14.1. The van der Waals surface area contributed by atoms with E-state index in [9.17, 15) is 14.7 Å². The van der Waals surface area contributed by atoms with Crippen molar-refractivity contribution in [2.75, 3.05) is 56.8 Å². The normalized spacial score (nSPS) is 13.2. The summed E-state index contributed by atoms with van der Waals surface area (Å²) in [6.45, 7) is 2.79. The Kier molecular flexibility index (Phi) is 10.3. The van der Waals surface area contributed by atoms with E-state index in [-0.39, 0.29) is 31.8 Å². The lowest BCUT2D eigenvalue weighted by Gasteiger charge is -2.30. The van der Waals surface area contributed by atoms with Crippen molar-refractivity contribution in [2.24, 2.45) is 0 Å². The molecule has 0 fully saturated rings. The number of amides is 1. The third-order valence-electron chi connectivity index (χ3n) is 7.66. The molecule has 0 spiro atoms. The number of hydrogen-bond donors (Lipinski definition) is 2. The van der Waals surface area contributed by atoms with Gasteiger partial charge in [0.2, 0.25) is 0 Å². The Balaban J connectivity index is 1.47. The molecule has 4 aromatic carbocycles. The number of halogens is 2. The van der Waals surface area contributed by atoms with Crippen molar-refractivity contribution >= 4 is 46.8 Å². The number of nitrogens with one attached hydrogen (secondary N) is 1. The minimum atomic E-state index is -0.123. The van der Waals surface area contributed by atoms with E-state index < -0.39 is 0 Å². The molecule has 234 valence electrons. The molecule has 1 heterocycles. The first-order valence-corrected chi connectivity index (χ1v) is 15.4. The quantitative estimate of drug-likeness (QED) is 0.174. The van der Waals surface area contributed by atoms with Crippen LogP contribution in [0.15, 0.2) is 72.8 Å². The minimum absolute atomic E-state index is 0.0224. The molecule has 1 atom stereocenters. The Morgan fingerprint density at radius 2 is 1.60 bits per heavy atom. The molecule has 1 aliphatic heterocycles. The summed E-state index contributed by atoms with van der Waals surface area (Å²) in [6.07, 6.45) is 0.720. The lowest BCUT2D eigenvalue weighted by atomic mass is 9.95. The highest BCUT2D eigenvalue weighted by Gasteiger charge is 2.26. The van der Waals surface area contributed by atoms with E-state index in [1.54, 1.807) is 4.90 Å². The average Bonchev–Trinajstić information content (AvgIpc) is 3.04. The third kappa shape index (κ3) is 6.94. The number of nitrogens with zero attached hydrogens (tertiary/aromatic N) is 2. The van der Waals surface area contributed by atoms with Gasteiger partial charge in [-0.3, -0.25) is 9.59 Å². The molecule has 0 bridgehead atoms. The molecule has 5 rings (SSSR count). The van der Waals surface area contributed by atoms with E-state index in [1.165, 1.54) is 0 Å². The van der Waals surface area contributed by atoms with Crippen LogP contribution in [0.25, 0.3) is 33.4 Å². The number of anilines is 2. The van der Waals surface area contributed by atoms with Crippen molar-refractivity contribution < 1.29 is 24.2 Å². The van der Waals surface area contributed by atoms with Gasteiger partial charge in [-0.15, -0.1) is 0 Å². The van der Waals surface area contributed by atoms with E-state index in [0.29, 0.717) is 40.3 Å². The number of carbonyl (C=O) groups excluding carboxylic acids is 2. The second kappa shape index (κ2) is 14.3. The van der Waals surface area contributed by atoms with E-state index >= 15 is 0 Å². The molecule has 0 aliphatic carbocycles. The standard InChI is InChI=1S/C35H35Cl2N3O5/c1-22(20-42)38-14-15-40-30-13-11-24(19-32(30)45-21-33(40)43)26-7-5-9-28(35(26)37)27-8-4-6-25(34(27)36)23-10-12-29(39(2)3)31(18-23)44-17-16-41/h4-13,16,18-19,22,38,42H,14-15,17,20-21H2,1-3H3. The van der Waals surface area contributed by atoms with E-state index in [4.69, 9.17) is 32.7 Å². The summed E-state index contributed by atoms with van der Waals surface area (Å²) in [6, 6.07) is 23.0. The molecule has 2 N–H and O–H groups in total. The summed E-state index contributed by atoms with van der Waals surface area (Å²) in [7, 11) is 3.82. The summed E-state index contributed by atoms with van der Waals surface area (Å²) in [5, 5.41) is 13.5. The number of hydrogen-bond acceptors (Lipinski definition) is 7. The number of fused-ring (bicyclic) bond motifs is 1. The monoisotopic (exact) mass is 647 g/mol. The minimum Gasteiger partial charge on any atom is -0.484 e. The van der Waals surface area contributed by atoms with Gasteiger partial charge in [-0.2, -0.15) is 0 Å². The number of aliphatic hydroxyl groups is 1. The van der Waals surface area contributed by atoms with Crippen LogP contribution in [-0.2, 0) is 9.59 Å². The molecule has 0 saturated heterocycles. The van der Waals surface area contributed by atoms with Gasteiger partial charge in [0, 0.05) is 55.5 Å². The van der Waals surface area contributed by atoms with Crippen molar-refractivity contribution in [2.45, 2.75) is 13.0 Å². The Morgan fingerprint density at radius 3 is 2.22 bits per heavy atom. The highest BCUT2D eigenvalue weighted by molar-refractivity contribution is 6.39. The molecule has 45 heavy (non-hydrogen) atoms. The van der Waals surface area contributed by atoms with Crippen LogP contribution in [0.1, 0.15) is 6.92 Å². The number of aliphatic hydroxyl groups excluding tert-OH is 1. The first-order valence-electron chi connectivity index (χ1n) is 14.6. The van der Waals surface area contributed by atoms with Crippen LogP contribution in [0.2, 0.25) is 10.0 Å². The first kappa shape index (κ1) is 32.3. The molecule has 0 radical (unpaired) electrons. The lowest BCUT2D eigenvalue weighted by molar-refractivity contribution is -0.121. The van der Waals surface area contributed by atoms with E-state index in [0.717, 1.165) is 45.4 Å². The molecule has 0 saturated carbocycles. The van der Waals surface area contributed by atoms with Crippen LogP contribution in [-0.4, -0.2) is 70.3 Å². The molecule has 1 aliphatic rings. The van der Waals surface area contributed by atoms with Gasteiger partial charge in [0.1, 0.15) is 18.1 Å². The SMILES string of the molecule is CC(CO)NCCN1C(=O)COc2cc(-c3cccc(-c4cccc(-c5ccc(N(C)C)c(OCC=O)c5)c4Cl)c3Cl)ccc21. The van der Waals surface area contributed by atoms with Crippen LogP contribution < -0.4 is 24.6 Å². The lowest BCUT2D eigenvalue weighted by Crippen LogP contribution is -2.44. The fraction of sp³-hybridized carbons (Fsp3) is 0.257. The summed E-state index contributed by atoms with van der Waals surface area (Å²) in [4.78, 5) is 27.3. The number of benzene rings is 4. The van der Waals surface area contributed by atoms with Crippen molar-refractivity contribution in [3.63, 3.8) is 0 Å². The maximum Gasteiger partial charge on any atom is 0.265 e. The zero-order valence-corrected chi connectivity index (χ0v) is 26.9. The highest BCUT2D eigenvalue weighted by Crippen LogP contribution is 2.45. The fourth-order valence-electron chi connectivity index (χ4n) is 5.32. The maximum absolute atomic E-state index is 12.7. The number of rotatable bonds is 12. The highest BCUT2D eigenvalue weighted by atomic mass is 35.5. The van der Waals surface area contributed by atoms with Crippen LogP contribution >= 0.6 is 23.2 Å². The van der Waals surface area contributed by atoms with Gasteiger partial charge >= 0.3 is 0 Å². The number of aldehydes is 1. The topological polar surface area (TPSA) is 91.3 Å². The zero-order chi connectivity index (χ0) is 32.1. The first-order chi connectivity index (χ1) is 21.7. The van der Waals surface area contributed by atoms with E-state index in [1.807, 2.05) is 98.7 Å². The van der Waals surface area contributed by atoms with Gasteiger partial charge in [0.05, 0.1) is 28.0 Å². The van der Waals surface area contributed by atoms with Gasteiger partial charge in [0.25, 0.3) is 5.91 Å². The molecular formula is C35H35Cl2N3O5. The van der Waals surface area contributed by atoms with Crippen LogP contribution in [0.4, 0.5) is 11.4 Å². The van der Waals surface area contributed by atoms with Crippen molar-refractivity contribution in [1.82, 2.24) is 5.32 Å². The predicted octanol–water partition coefficient (Wildman–Crippen LogP) is 6.33. The van der Waals surface area contributed by atoms with Crippen molar-refractivity contribution in [3.05, 3.63) is 82.8 Å². The Morgan fingerprint density at radius 1 is 0.978 bits per heavy atom. The molecule has 0 aromatic heterocycles. The van der Waals surface area contributed by atoms with Gasteiger partial charge in [-0.05, 0) is 42.3 Å². The Hall–Kier alpha value is -4.08. The maximum atomic E-state index is 12.7. The summed E-state index contributed by atoms with van der Waals surface area (Å²) < 4.78 is 11.5. The second-order valence-electron chi connectivity index (χ2n) is 10.9. The molecular weight excluding hydrogens is 613 g/mol. The molecule has 10 heteroatoms. The number of carbonyl (C=O) groups is 2. The number of ether oxygens (including phenoxy) is 2. The molecule has 8 nitrogen and oxygen atoms in total. The molecule has 4 aromatic rings. The molecule has 1 unspecified atom stereocenters. The Labute approximate surface area is 273 Å². The fourth-order valence-corrected chi connectivity index (χ4v) is 5.99. The van der Waals surface area contributed by atoms with Crippen LogP contribution in [0, 0.1) is 0 Å². The van der Waals surface area contributed by atoms with Gasteiger partial charge < -0.3 is 29.7 Å².